The molecular formula is C50H49ClN4O8. The highest BCUT2D eigenvalue weighted by atomic mass is 35.5. The van der Waals surface area contributed by atoms with Crippen molar-refractivity contribution in [2.75, 3.05) is 13.1 Å². The zero-order valence-electron chi connectivity index (χ0n) is 35.0. The summed E-state index contributed by atoms with van der Waals surface area (Å²) in [5.41, 5.74) is 12.1. The molecule has 0 fully saturated rings. The molecule has 6 aromatic rings. The van der Waals surface area contributed by atoms with Gasteiger partial charge in [-0.2, -0.15) is 5.26 Å². The van der Waals surface area contributed by atoms with E-state index in [2.05, 4.69) is 90.1 Å². The first kappa shape index (κ1) is 45.9. The van der Waals surface area contributed by atoms with Gasteiger partial charge in [0.05, 0.1) is 35.6 Å². The summed E-state index contributed by atoms with van der Waals surface area (Å²) in [6, 6.07) is 36.0. The standard InChI is InChI=1S/C50H49ClN4O8/c1-31-38(30-63-48-21-47(62-29-34-16-33(22-52)23-53-24-34)39(18-46(48)51)26-55-28-41(57)20-50(60)61)10-6-12-43(31)44-13-7-11-42(32(44)2)36-14-15-37(25-54-27-40(56)19-49(58)59)45(17-36)35-8-4-3-5-9-35/h3-18,21,23-24,40-41,54-57H,19-20,25-30H2,1-2H3,(H,58,59)(H,60,61)/t40-,41-/m0/s1. The fourth-order valence-corrected chi connectivity index (χ4v) is 7.59. The number of pyridine rings is 1. The van der Waals surface area contributed by atoms with Crippen LogP contribution in [0.4, 0.5) is 0 Å². The van der Waals surface area contributed by atoms with Gasteiger partial charge in [-0.1, -0.05) is 90.5 Å². The van der Waals surface area contributed by atoms with Crippen LogP contribution in [-0.2, 0) is 35.9 Å². The molecule has 0 aliphatic carbocycles. The van der Waals surface area contributed by atoms with Crippen molar-refractivity contribution in [3.8, 4) is 50.9 Å². The SMILES string of the molecule is Cc1c(COc2cc(OCc3cncc(C#N)c3)c(CNC[C@@H](O)CC(=O)O)cc2Cl)cccc1-c1cccc(-c2ccc(CNC[C@@H](O)CC(=O)O)c(-c3ccccc3)c2)c1C. The zero-order chi connectivity index (χ0) is 44.9. The lowest BCUT2D eigenvalue weighted by atomic mass is 9.88. The summed E-state index contributed by atoms with van der Waals surface area (Å²) in [6.45, 7) is 5.36. The van der Waals surface area contributed by atoms with Crippen molar-refractivity contribution in [3.63, 3.8) is 0 Å². The Morgan fingerprint density at radius 3 is 1.98 bits per heavy atom. The van der Waals surface area contributed by atoms with Gasteiger partial charge in [-0.3, -0.25) is 14.6 Å². The van der Waals surface area contributed by atoms with Crippen LogP contribution in [0.5, 0.6) is 11.5 Å². The van der Waals surface area contributed by atoms with E-state index in [4.69, 9.17) is 31.3 Å². The maximum atomic E-state index is 11.0. The monoisotopic (exact) mass is 868 g/mol. The number of aliphatic hydroxyl groups is 2. The van der Waals surface area contributed by atoms with Crippen LogP contribution in [0.2, 0.25) is 5.02 Å². The molecule has 63 heavy (non-hydrogen) atoms. The van der Waals surface area contributed by atoms with Gasteiger partial charge in [0.2, 0.25) is 0 Å². The molecule has 1 aromatic heterocycles. The molecule has 2 atom stereocenters. The highest BCUT2D eigenvalue weighted by Crippen LogP contribution is 2.38. The third-order valence-corrected chi connectivity index (χ3v) is 10.9. The van der Waals surface area contributed by atoms with E-state index >= 15 is 0 Å². The van der Waals surface area contributed by atoms with Crippen LogP contribution in [0, 0.1) is 25.2 Å². The van der Waals surface area contributed by atoms with Crippen LogP contribution in [0.3, 0.4) is 0 Å². The van der Waals surface area contributed by atoms with Crippen LogP contribution < -0.4 is 20.1 Å². The van der Waals surface area contributed by atoms with Gasteiger partial charge in [-0.25, -0.2) is 0 Å². The number of carbonyl (C=O) groups is 2. The first-order valence-electron chi connectivity index (χ1n) is 20.4. The van der Waals surface area contributed by atoms with Gasteiger partial charge in [0.15, 0.2) is 0 Å². The largest absolute Gasteiger partial charge is 0.488 e. The lowest BCUT2D eigenvalue weighted by Gasteiger charge is -2.19. The molecular weight excluding hydrogens is 820 g/mol. The number of aromatic nitrogens is 1. The van der Waals surface area contributed by atoms with E-state index in [1.54, 1.807) is 24.4 Å². The smallest absolute Gasteiger partial charge is 0.306 e. The molecule has 6 N–H and O–H groups in total. The molecule has 324 valence electrons. The summed E-state index contributed by atoms with van der Waals surface area (Å²) in [7, 11) is 0. The molecule has 6 rings (SSSR count). The van der Waals surface area contributed by atoms with E-state index in [1.165, 1.54) is 6.20 Å². The fourth-order valence-electron chi connectivity index (χ4n) is 7.35. The minimum absolute atomic E-state index is 0.0394. The number of hydrogen-bond acceptors (Lipinski definition) is 10. The first-order valence-corrected chi connectivity index (χ1v) is 20.8. The molecule has 5 aromatic carbocycles. The summed E-state index contributed by atoms with van der Waals surface area (Å²) in [4.78, 5) is 26.2. The van der Waals surface area contributed by atoms with E-state index in [1.807, 2.05) is 30.3 Å². The molecule has 0 saturated heterocycles. The molecule has 1 heterocycles. The van der Waals surface area contributed by atoms with Crippen molar-refractivity contribution in [1.29, 1.82) is 5.26 Å². The van der Waals surface area contributed by atoms with Crippen molar-refractivity contribution in [1.82, 2.24) is 15.6 Å². The van der Waals surface area contributed by atoms with Crippen LogP contribution in [0.1, 0.15) is 51.8 Å². The predicted molar refractivity (Wildman–Crippen MR) is 241 cm³/mol. The summed E-state index contributed by atoms with van der Waals surface area (Å²) in [5.74, 6) is -1.31. The number of nitrogens with zero attached hydrogens (tertiary/aromatic N) is 2. The molecule has 0 aliphatic heterocycles. The molecule has 12 nitrogen and oxygen atoms in total. The number of ether oxygens (including phenoxy) is 2. The summed E-state index contributed by atoms with van der Waals surface area (Å²) in [5, 5.41) is 54.2. The van der Waals surface area contributed by atoms with Crippen molar-refractivity contribution in [2.24, 2.45) is 0 Å². The molecule has 0 bridgehead atoms. The molecule has 0 saturated carbocycles. The molecule has 0 amide bonds. The lowest BCUT2D eigenvalue weighted by Crippen LogP contribution is -2.28. The Bertz CT molecular complexity index is 2600. The van der Waals surface area contributed by atoms with E-state index in [0.29, 0.717) is 39.8 Å². The quantitative estimate of drug-likeness (QED) is 0.0407. The minimum atomic E-state index is -1.10. The number of carboxylic acid groups (broad SMARTS) is 2. The molecule has 0 radical (unpaired) electrons. The summed E-state index contributed by atoms with van der Waals surface area (Å²) in [6.07, 6.45) is 0.293. The number of benzene rings is 5. The van der Waals surface area contributed by atoms with Crippen LogP contribution in [0.25, 0.3) is 33.4 Å². The van der Waals surface area contributed by atoms with Gasteiger partial charge in [0, 0.05) is 55.8 Å². The number of nitrogens with one attached hydrogen (secondary N) is 2. The van der Waals surface area contributed by atoms with E-state index in [9.17, 15) is 25.1 Å². The second kappa shape index (κ2) is 22.0. The zero-order valence-corrected chi connectivity index (χ0v) is 35.7. The lowest BCUT2D eigenvalue weighted by molar-refractivity contribution is -0.140. The first-order chi connectivity index (χ1) is 30.4. The highest BCUT2D eigenvalue weighted by Gasteiger charge is 2.18. The number of aliphatic carboxylic acids is 2. The number of halogens is 1. The average molecular weight is 869 g/mol. The number of rotatable bonds is 21. The van der Waals surface area contributed by atoms with Crippen molar-refractivity contribution >= 4 is 23.5 Å². The number of nitriles is 1. The Morgan fingerprint density at radius 2 is 1.30 bits per heavy atom. The maximum Gasteiger partial charge on any atom is 0.306 e. The molecule has 13 heteroatoms. The van der Waals surface area contributed by atoms with E-state index in [-0.39, 0.29) is 39.3 Å². The normalized spacial score (nSPS) is 12.0. The topological polar surface area (TPSA) is 194 Å². The highest BCUT2D eigenvalue weighted by molar-refractivity contribution is 6.32. The van der Waals surface area contributed by atoms with Gasteiger partial charge in [0.1, 0.15) is 30.8 Å². The second-order valence-corrected chi connectivity index (χ2v) is 15.6. The van der Waals surface area contributed by atoms with Gasteiger partial charge in [-0.05, 0) is 87.7 Å². The Balaban J connectivity index is 1.23. The third-order valence-electron chi connectivity index (χ3n) is 10.6. The maximum absolute atomic E-state index is 11.0. The van der Waals surface area contributed by atoms with Crippen molar-refractivity contribution in [3.05, 3.63) is 159 Å². The van der Waals surface area contributed by atoms with Crippen LogP contribution in [-0.4, -0.2) is 62.6 Å². The van der Waals surface area contributed by atoms with Crippen LogP contribution >= 0.6 is 11.6 Å². The van der Waals surface area contributed by atoms with Crippen molar-refractivity contribution < 1.29 is 39.5 Å². The van der Waals surface area contributed by atoms with Gasteiger partial charge in [-0.15, -0.1) is 0 Å². The Hall–Kier alpha value is -6.59. The molecule has 0 spiro atoms. The average Bonchev–Trinajstić information content (AvgIpc) is 3.26. The number of aliphatic hydroxyl groups excluding tert-OH is 2. The van der Waals surface area contributed by atoms with Crippen LogP contribution in [0.15, 0.2) is 116 Å². The predicted octanol–water partition coefficient (Wildman–Crippen LogP) is 8.23. The Morgan fingerprint density at radius 1 is 0.667 bits per heavy atom. The van der Waals surface area contributed by atoms with Gasteiger partial charge in [0.25, 0.3) is 0 Å². The minimum Gasteiger partial charge on any atom is -0.488 e. The van der Waals surface area contributed by atoms with E-state index < -0.39 is 30.6 Å². The second-order valence-electron chi connectivity index (χ2n) is 15.2. The Kier molecular flexibility index (Phi) is 16.0. The van der Waals surface area contributed by atoms with E-state index in [0.717, 1.165) is 55.6 Å². The number of hydrogen-bond donors (Lipinski definition) is 6. The third kappa shape index (κ3) is 12.5. The molecule has 0 aliphatic rings. The molecule has 0 unspecified atom stereocenters. The Labute approximate surface area is 371 Å². The summed E-state index contributed by atoms with van der Waals surface area (Å²) < 4.78 is 12.6. The fraction of sp³-hybridized carbons (Fsp3) is 0.240. The van der Waals surface area contributed by atoms with Gasteiger partial charge >= 0.3 is 11.9 Å². The van der Waals surface area contributed by atoms with Gasteiger partial charge < -0.3 is 40.5 Å². The van der Waals surface area contributed by atoms with Crippen molar-refractivity contribution in [2.45, 2.75) is 65.2 Å². The number of carboxylic acids is 2. The summed E-state index contributed by atoms with van der Waals surface area (Å²) >= 11 is 6.80.